The summed E-state index contributed by atoms with van der Waals surface area (Å²) in [5, 5.41) is 0. The number of unbranched alkanes of at least 4 members (excludes halogenated alkanes) is 1. The first kappa shape index (κ1) is 17.2. The van der Waals surface area contributed by atoms with Gasteiger partial charge >= 0.3 is 0 Å². The molecule has 0 amide bonds. The van der Waals surface area contributed by atoms with Gasteiger partial charge in [0.1, 0.15) is 0 Å². The summed E-state index contributed by atoms with van der Waals surface area (Å²) in [4.78, 5) is 7.03. The molecule has 20 heavy (non-hydrogen) atoms. The number of aryl methyl sites for hydroxylation is 1. The van der Waals surface area contributed by atoms with E-state index in [0.717, 1.165) is 48.0 Å². The minimum atomic E-state index is 0.357. The summed E-state index contributed by atoms with van der Waals surface area (Å²) >= 11 is 4.32. The molecule has 0 spiro atoms. The van der Waals surface area contributed by atoms with Crippen molar-refractivity contribution in [2.45, 2.75) is 52.9 Å². The average Bonchev–Trinajstić information content (AvgIpc) is 2.43. The molecule has 1 unspecified atom stereocenters. The number of thiol groups is 1. The van der Waals surface area contributed by atoms with E-state index in [1.165, 1.54) is 12.8 Å². The number of pyridine rings is 1. The zero-order valence-electron chi connectivity index (χ0n) is 13.3. The molecule has 1 heterocycles. The van der Waals surface area contributed by atoms with E-state index in [9.17, 15) is 0 Å². The van der Waals surface area contributed by atoms with Crippen molar-refractivity contribution in [3.63, 3.8) is 0 Å². The molecule has 1 rings (SSSR count). The zero-order valence-corrected chi connectivity index (χ0v) is 14.2. The van der Waals surface area contributed by atoms with Crippen LogP contribution in [0.5, 0.6) is 0 Å². The highest BCUT2D eigenvalue weighted by Crippen LogP contribution is 2.32. The maximum absolute atomic E-state index is 6.40. The maximum atomic E-state index is 6.40. The first-order chi connectivity index (χ1) is 9.54. The minimum Gasteiger partial charge on any atom is -0.396 e. The van der Waals surface area contributed by atoms with Crippen LogP contribution in [0.3, 0.4) is 0 Å². The van der Waals surface area contributed by atoms with Gasteiger partial charge < -0.3 is 10.6 Å². The van der Waals surface area contributed by atoms with Gasteiger partial charge in [0.05, 0.1) is 17.1 Å². The SMILES string of the molecule is CCCCN(CC)c1cc(C)nc(C(C)CCS)c1N. The Morgan fingerprint density at radius 3 is 2.65 bits per heavy atom. The highest BCUT2D eigenvalue weighted by atomic mass is 32.1. The number of hydrogen-bond acceptors (Lipinski definition) is 4. The third kappa shape index (κ3) is 4.30. The first-order valence-corrected chi connectivity index (χ1v) is 8.31. The molecule has 0 bridgehead atoms. The normalized spacial score (nSPS) is 12.4. The number of nitrogens with zero attached hydrogens (tertiary/aromatic N) is 2. The molecule has 3 nitrogen and oxygen atoms in total. The second kappa shape index (κ2) is 8.40. The van der Waals surface area contributed by atoms with Crippen LogP contribution in [-0.2, 0) is 0 Å². The van der Waals surface area contributed by atoms with Crippen molar-refractivity contribution >= 4 is 24.0 Å². The van der Waals surface area contributed by atoms with Gasteiger partial charge in [-0.1, -0.05) is 20.3 Å². The van der Waals surface area contributed by atoms with E-state index in [1.54, 1.807) is 0 Å². The van der Waals surface area contributed by atoms with Gasteiger partial charge in [-0.25, -0.2) is 0 Å². The van der Waals surface area contributed by atoms with E-state index in [4.69, 9.17) is 5.73 Å². The molecule has 114 valence electrons. The van der Waals surface area contributed by atoms with Crippen molar-refractivity contribution < 1.29 is 0 Å². The van der Waals surface area contributed by atoms with E-state index >= 15 is 0 Å². The first-order valence-electron chi connectivity index (χ1n) is 7.67. The fourth-order valence-corrected chi connectivity index (χ4v) is 2.84. The van der Waals surface area contributed by atoms with Gasteiger partial charge in [-0.3, -0.25) is 4.98 Å². The Morgan fingerprint density at radius 2 is 2.10 bits per heavy atom. The monoisotopic (exact) mass is 295 g/mol. The van der Waals surface area contributed by atoms with Crippen molar-refractivity contribution in [2.24, 2.45) is 0 Å². The van der Waals surface area contributed by atoms with Crippen molar-refractivity contribution in [1.29, 1.82) is 0 Å². The van der Waals surface area contributed by atoms with E-state index in [1.807, 2.05) is 6.92 Å². The second-order valence-corrected chi connectivity index (χ2v) is 5.88. The molecular weight excluding hydrogens is 266 g/mol. The molecule has 1 atom stereocenters. The number of anilines is 2. The van der Waals surface area contributed by atoms with Crippen LogP contribution in [0.25, 0.3) is 0 Å². The molecule has 2 N–H and O–H groups in total. The lowest BCUT2D eigenvalue weighted by Crippen LogP contribution is -2.26. The van der Waals surface area contributed by atoms with Crippen LogP contribution in [0, 0.1) is 6.92 Å². The lowest BCUT2D eigenvalue weighted by Gasteiger charge is -2.27. The summed E-state index contributed by atoms with van der Waals surface area (Å²) in [6.07, 6.45) is 3.39. The second-order valence-electron chi connectivity index (χ2n) is 5.43. The molecule has 0 saturated heterocycles. The number of hydrogen-bond donors (Lipinski definition) is 2. The molecule has 0 aliphatic heterocycles. The summed E-state index contributed by atoms with van der Waals surface area (Å²) in [7, 11) is 0. The third-order valence-electron chi connectivity index (χ3n) is 3.73. The van der Waals surface area contributed by atoms with Crippen LogP contribution in [0.1, 0.15) is 57.3 Å². The molecule has 1 aromatic heterocycles. The maximum Gasteiger partial charge on any atom is 0.0774 e. The van der Waals surface area contributed by atoms with Crippen molar-refractivity contribution in [2.75, 3.05) is 29.5 Å². The van der Waals surface area contributed by atoms with E-state index in [2.05, 4.69) is 49.4 Å². The number of aromatic nitrogens is 1. The fourth-order valence-electron chi connectivity index (χ4n) is 2.45. The highest BCUT2D eigenvalue weighted by Gasteiger charge is 2.17. The van der Waals surface area contributed by atoms with Crippen LogP contribution < -0.4 is 10.6 Å². The molecule has 0 aliphatic carbocycles. The molecule has 0 saturated carbocycles. The van der Waals surface area contributed by atoms with Crippen LogP contribution in [0.2, 0.25) is 0 Å². The van der Waals surface area contributed by atoms with Crippen molar-refractivity contribution in [1.82, 2.24) is 4.98 Å². The number of rotatable bonds is 8. The predicted molar refractivity (Wildman–Crippen MR) is 93.1 cm³/mol. The van der Waals surface area contributed by atoms with Gasteiger partial charge in [-0.15, -0.1) is 0 Å². The molecule has 0 aliphatic rings. The van der Waals surface area contributed by atoms with Crippen molar-refractivity contribution in [3.8, 4) is 0 Å². The average molecular weight is 295 g/mol. The van der Waals surface area contributed by atoms with Crippen LogP contribution in [-0.4, -0.2) is 23.8 Å². The minimum absolute atomic E-state index is 0.357. The van der Waals surface area contributed by atoms with Gasteiger partial charge in [0.25, 0.3) is 0 Å². The third-order valence-corrected chi connectivity index (χ3v) is 3.99. The molecule has 0 aromatic carbocycles. The van der Waals surface area contributed by atoms with E-state index < -0.39 is 0 Å². The summed E-state index contributed by atoms with van der Waals surface area (Å²) in [5.41, 5.74) is 10.5. The summed E-state index contributed by atoms with van der Waals surface area (Å²) in [5.74, 6) is 1.22. The molecule has 4 heteroatoms. The topological polar surface area (TPSA) is 42.2 Å². The Kier molecular flexibility index (Phi) is 7.20. The summed E-state index contributed by atoms with van der Waals surface area (Å²) < 4.78 is 0. The predicted octanol–water partition coefficient (Wildman–Crippen LogP) is 4.02. The van der Waals surface area contributed by atoms with Gasteiger partial charge in [0.15, 0.2) is 0 Å². The smallest absolute Gasteiger partial charge is 0.0774 e. The van der Waals surface area contributed by atoms with E-state index in [0.29, 0.717) is 5.92 Å². The molecular formula is C16H29N3S. The quantitative estimate of drug-likeness (QED) is 0.712. The Labute approximate surface area is 129 Å². The van der Waals surface area contributed by atoms with Gasteiger partial charge in [-0.05, 0) is 38.5 Å². The lowest BCUT2D eigenvalue weighted by molar-refractivity contribution is 0.707. The Morgan fingerprint density at radius 1 is 1.40 bits per heavy atom. The summed E-state index contributed by atoms with van der Waals surface area (Å²) in [6.45, 7) is 10.7. The van der Waals surface area contributed by atoms with Crippen LogP contribution in [0.4, 0.5) is 11.4 Å². The summed E-state index contributed by atoms with van der Waals surface area (Å²) in [6, 6.07) is 2.12. The highest BCUT2D eigenvalue weighted by molar-refractivity contribution is 7.80. The lowest BCUT2D eigenvalue weighted by atomic mass is 10.0. The molecule has 0 fully saturated rings. The number of nitrogen functional groups attached to an aromatic ring is 1. The Balaban J connectivity index is 3.12. The number of nitrogens with two attached hydrogens (primary N) is 1. The fraction of sp³-hybridized carbons (Fsp3) is 0.688. The van der Waals surface area contributed by atoms with Crippen LogP contribution >= 0.6 is 12.6 Å². The Hall–Kier alpha value is -0.900. The van der Waals surface area contributed by atoms with Crippen molar-refractivity contribution in [3.05, 3.63) is 17.5 Å². The largest absolute Gasteiger partial charge is 0.396 e. The van der Waals surface area contributed by atoms with Gasteiger partial charge in [0, 0.05) is 24.7 Å². The molecule has 0 radical (unpaired) electrons. The van der Waals surface area contributed by atoms with E-state index in [-0.39, 0.29) is 0 Å². The zero-order chi connectivity index (χ0) is 15.1. The van der Waals surface area contributed by atoms with Crippen LogP contribution in [0.15, 0.2) is 6.07 Å². The van der Waals surface area contributed by atoms with Gasteiger partial charge in [0.2, 0.25) is 0 Å². The Bertz CT molecular complexity index is 420. The van der Waals surface area contributed by atoms with Gasteiger partial charge in [-0.2, -0.15) is 12.6 Å². The standard InChI is InChI=1S/C16H29N3S/c1-5-7-9-19(6-2)14-11-13(4)18-16(15(14)17)12(3)8-10-20/h11-12,20H,5-10,17H2,1-4H3. The molecule has 1 aromatic rings.